The molecule has 0 saturated carbocycles. The smallest absolute Gasteiger partial charge is 0.251 e. The van der Waals surface area contributed by atoms with Crippen molar-refractivity contribution in [1.82, 2.24) is 9.47 Å². The molecule has 1 amide bonds. The van der Waals surface area contributed by atoms with Crippen molar-refractivity contribution in [2.75, 3.05) is 0 Å². The van der Waals surface area contributed by atoms with E-state index in [0.717, 1.165) is 27.6 Å². The summed E-state index contributed by atoms with van der Waals surface area (Å²) in [5, 5.41) is 0.988. The Hall–Kier alpha value is -3.66. The number of hydrogen-bond donors (Lipinski definition) is 0. The van der Waals surface area contributed by atoms with E-state index in [1.165, 1.54) is 0 Å². The first-order valence-electron chi connectivity index (χ1n) is 10.1. The summed E-state index contributed by atoms with van der Waals surface area (Å²) in [7, 11) is 0. The van der Waals surface area contributed by atoms with E-state index < -0.39 is 0 Å². The number of aromatic nitrogens is 1. The van der Waals surface area contributed by atoms with Gasteiger partial charge in [0.2, 0.25) is 5.91 Å². The van der Waals surface area contributed by atoms with Crippen molar-refractivity contribution in [2.24, 2.45) is 0 Å². The van der Waals surface area contributed by atoms with Crippen LogP contribution in [0.1, 0.15) is 16.7 Å². The molecule has 0 aliphatic heterocycles. The number of amides is 1. The Morgan fingerprint density at radius 1 is 0.800 bits per heavy atom. The second kappa shape index (κ2) is 8.78. The molecule has 0 bridgehead atoms. The Balaban J connectivity index is 1.67. The maximum Gasteiger partial charge on any atom is 0.251 e. The normalized spacial score (nSPS) is 10.8. The summed E-state index contributed by atoms with van der Waals surface area (Å²) in [5.41, 5.74) is 3.67. The molecular formula is C26H24N2O2. The van der Waals surface area contributed by atoms with E-state index in [0.29, 0.717) is 13.1 Å². The molecule has 1 aromatic heterocycles. The van der Waals surface area contributed by atoms with Gasteiger partial charge >= 0.3 is 0 Å². The summed E-state index contributed by atoms with van der Waals surface area (Å²) in [5.74, 6) is -0.0844. The molecule has 0 saturated heterocycles. The first kappa shape index (κ1) is 19.6. The van der Waals surface area contributed by atoms with E-state index in [1.54, 1.807) is 10.6 Å². The van der Waals surface area contributed by atoms with Gasteiger partial charge in [-0.15, -0.1) is 0 Å². The number of hydrogen-bond acceptors (Lipinski definition) is 2. The van der Waals surface area contributed by atoms with Crippen LogP contribution in [0.5, 0.6) is 0 Å². The van der Waals surface area contributed by atoms with Gasteiger partial charge in [0.05, 0.1) is 5.52 Å². The molecular weight excluding hydrogens is 372 g/mol. The molecule has 4 heteroatoms. The highest BCUT2D eigenvalue weighted by Crippen LogP contribution is 2.17. The summed E-state index contributed by atoms with van der Waals surface area (Å²) >= 11 is 0. The summed E-state index contributed by atoms with van der Waals surface area (Å²) in [6.07, 6.45) is 0. The molecule has 0 aliphatic rings. The summed E-state index contributed by atoms with van der Waals surface area (Å²) in [6.45, 7) is 2.92. The number of fused-ring (bicyclic) bond motifs is 1. The number of aryl methyl sites for hydroxylation is 1. The molecule has 0 aliphatic carbocycles. The molecule has 0 radical (unpaired) electrons. The maximum absolute atomic E-state index is 13.4. The molecule has 4 nitrogen and oxygen atoms in total. The van der Waals surface area contributed by atoms with Crippen LogP contribution in [0.15, 0.2) is 95.8 Å². The van der Waals surface area contributed by atoms with Gasteiger partial charge in [-0.1, -0.05) is 78.9 Å². The molecule has 0 fully saturated rings. The van der Waals surface area contributed by atoms with E-state index in [2.05, 4.69) is 0 Å². The van der Waals surface area contributed by atoms with Crippen molar-refractivity contribution in [2.45, 2.75) is 26.6 Å². The third-order valence-electron chi connectivity index (χ3n) is 5.30. The van der Waals surface area contributed by atoms with Gasteiger partial charge in [-0.2, -0.15) is 0 Å². The van der Waals surface area contributed by atoms with Crippen molar-refractivity contribution < 1.29 is 4.79 Å². The molecule has 0 unspecified atom stereocenters. The predicted molar refractivity (Wildman–Crippen MR) is 120 cm³/mol. The lowest BCUT2D eigenvalue weighted by molar-refractivity contribution is -0.133. The Kier molecular flexibility index (Phi) is 5.75. The van der Waals surface area contributed by atoms with Gasteiger partial charge in [0.15, 0.2) is 0 Å². The standard InChI is InChI=1S/C26H24N2O2/c1-20-16-25(29)28(24-15-9-8-14-23(20)24)19-26(30)27(17-21-10-4-2-5-11-21)18-22-12-6-3-7-13-22/h2-16H,17-19H2,1H3. The monoisotopic (exact) mass is 396 g/mol. The average molecular weight is 396 g/mol. The van der Waals surface area contributed by atoms with Gasteiger partial charge in [-0.3, -0.25) is 14.2 Å². The Morgan fingerprint density at radius 3 is 1.93 bits per heavy atom. The van der Waals surface area contributed by atoms with E-state index in [-0.39, 0.29) is 18.0 Å². The van der Waals surface area contributed by atoms with Gasteiger partial charge in [-0.05, 0) is 29.7 Å². The average Bonchev–Trinajstić information content (AvgIpc) is 2.77. The Morgan fingerprint density at radius 2 is 1.33 bits per heavy atom. The molecule has 1 heterocycles. The highest BCUT2D eigenvalue weighted by molar-refractivity contribution is 5.84. The second-order valence-electron chi connectivity index (χ2n) is 7.49. The van der Waals surface area contributed by atoms with Crippen molar-refractivity contribution >= 4 is 16.8 Å². The number of carbonyl (C=O) groups excluding carboxylic acids is 1. The summed E-state index contributed by atoms with van der Waals surface area (Å²) in [4.78, 5) is 27.9. The minimum Gasteiger partial charge on any atom is -0.332 e. The van der Waals surface area contributed by atoms with Gasteiger partial charge in [0.25, 0.3) is 5.56 Å². The zero-order chi connectivity index (χ0) is 20.9. The van der Waals surface area contributed by atoms with Crippen LogP contribution in [-0.2, 0) is 24.4 Å². The lowest BCUT2D eigenvalue weighted by Gasteiger charge is -2.24. The van der Waals surface area contributed by atoms with Crippen LogP contribution in [0.25, 0.3) is 10.9 Å². The number of benzene rings is 3. The molecule has 4 aromatic rings. The molecule has 30 heavy (non-hydrogen) atoms. The quantitative estimate of drug-likeness (QED) is 0.480. The van der Waals surface area contributed by atoms with Crippen molar-refractivity contribution in [3.05, 3.63) is 118 Å². The Bertz CT molecular complexity index is 1170. The van der Waals surface area contributed by atoms with Gasteiger partial charge in [-0.25, -0.2) is 0 Å². The minimum atomic E-state index is -0.154. The first-order chi connectivity index (χ1) is 14.6. The van der Waals surface area contributed by atoms with Crippen LogP contribution in [0.3, 0.4) is 0 Å². The maximum atomic E-state index is 13.4. The molecule has 4 rings (SSSR count). The van der Waals surface area contributed by atoms with Crippen LogP contribution in [0.4, 0.5) is 0 Å². The second-order valence-corrected chi connectivity index (χ2v) is 7.49. The number of nitrogens with zero attached hydrogens (tertiary/aromatic N) is 2. The van der Waals surface area contributed by atoms with Gasteiger partial charge in [0, 0.05) is 24.5 Å². The van der Waals surface area contributed by atoms with Gasteiger partial charge < -0.3 is 4.90 Å². The zero-order valence-corrected chi connectivity index (χ0v) is 17.0. The molecule has 0 N–H and O–H groups in total. The highest BCUT2D eigenvalue weighted by atomic mass is 16.2. The Labute approximate surface area is 176 Å². The van der Waals surface area contributed by atoms with E-state index in [4.69, 9.17) is 0 Å². The third-order valence-corrected chi connectivity index (χ3v) is 5.30. The van der Waals surface area contributed by atoms with E-state index >= 15 is 0 Å². The predicted octanol–water partition coefficient (Wildman–Crippen LogP) is 4.54. The van der Waals surface area contributed by atoms with E-state index in [1.807, 2.05) is 96.8 Å². The van der Waals surface area contributed by atoms with Crippen LogP contribution in [-0.4, -0.2) is 15.4 Å². The highest BCUT2D eigenvalue weighted by Gasteiger charge is 2.17. The largest absolute Gasteiger partial charge is 0.332 e. The third kappa shape index (κ3) is 4.33. The lowest BCUT2D eigenvalue weighted by Crippen LogP contribution is -2.36. The topological polar surface area (TPSA) is 42.3 Å². The molecule has 0 atom stereocenters. The van der Waals surface area contributed by atoms with Crippen LogP contribution in [0.2, 0.25) is 0 Å². The fourth-order valence-electron chi connectivity index (χ4n) is 3.74. The first-order valence-corrected chi connectivity index (χ1v) is 10.1. The van der Waals surface area contributed by atoms with Crippen molar-refractivity contribution in [3.63, 3.8) is 0 Å². The zero-order valence-electron chi connectivity index (χ0n) is 17.0. The van der Waals surface area contributed by atoms with Gasteiger partial charge in [0.1, 0.15) is 6.54 Å². The lowest BCUT2D eigenvalue weighted by atomic mass is 10.1. The SMILES string of the molecule is Cc1cc(=O)n(CC(=O)N(Cc2ccccc2)Cc2ccccc2)c2ccccc12. The summed E-state index contributed by atoms with van der Waals surface area (Å²) in [6, 6.07) is 29.2. The molecule has 3 aromatic carbocycles. The minimum absolute atomic E-state index is 0.0132. The fraction of sp³-hybridized carbons (Fsp3) is 0.154. The van der Waals surface area contributed by atoms with Crippen LogP contribution in [0, 0.1) is 6.92 Å². The van der Waals surface area contributed by atoms with Crippen molar-refractivity contribution in [3.8, 4) is 0 Å². The molecule has 0 spiro atoms. The number of pyridine rings is 1. The van der Waals surface area contributed by atoms with E-state index in [9.17, 15) is 9.59 Å². The number of para-hydroxylation sites is 1. The fourth-order valence-corrected chi connectivity index (χ4v) is 3.74. The number of rotatable bonds is 6. The van der Waals surface area contributed by atoms with Crippen LogP contribution >= 0.6 is 0 Å². The number of carbonyl (C=O) groups is 1. The molecule has 150 valence electrons. The van der Waals surface area contributed by atoms with Crippen LogP contribution < -0.4 is 5.56 Å². The summed E-state index contributed by atoms with van der Waals surface area (Å²) < 4.78 is 1.58. The van der Waals surface area contributed by atoms with Crippen molar-refractivity contribution in [1.29, 1.82) is 0 Å².